The van der Waals surface area contributed by atoms with Crippen molar-refractivity contribution in [2.75, 3.05) is 0 Å². The highest BCUT2D eigenvalue weighted by molar-refractivity contribution is 5.95. The Morgan fingerprint density at radius 2 is 2.27 bits per heavy atom. The number of hydrogen-bond acceptors (Lipinski definition) is 3. The molecule has 2 rings (SSSR count). The van der Waals surface area contributed by atoms with Crippen molar-refractivity contribution in [2.45, 2.75) is 18.9 Å². The molecular formula is C9H11N3O3. The molecule has 1 fully saturated rings. The third-order valence-electron chi connectivity index (χ3n) is 2.24. The van der Waals surface area contributed by atoms with E-state index in [9.17, 15) is 9.59 Å². The van der Waals surface area contributed by atoms with Crippen molar-refractivity contribution in [3.8, 4) is 0 Å². The van der Waals surface area contributed by atoms with Crippen molar-refractivity contribution in [1.29, 1.82) is 0 Å². The topological polar surface area (TPSA) is 84.2 Å². The molecule has 2 N–H and O–H groups in total. The van der Waals surface area contributed by atoms with E-state index in [1.807, 2.05) is 0 Å². The van der Waals surface area contributed by atoms with Gasteiger partial charge >= 0.3 is 5.97 Å². The van der Waals surface area contributed by atoms with Crippen molar-refractivity contribution < 1.29 is 14.7 Å². The van der Waals surface area contributed by atoms with Crippen LogP contribution in [0.3, 0.4) is 0 Å². The van der Waals surface area contributed by atoms with Gasteiger partial charge in [0.25, 0.3) is 5.91 Å². The lowest BCUT2D eigenvalue weighted by atomic mass is 10.3. The molecule has 1 heterocycles. The first kappa shape index (κ1) is 9.70. The lowest BCUT2D eigenvalue weighted by Crippen LogP contribution is -2.27. The van der Waals surface area contributed by atoms with Crippen LogP contribution in [0, 0.1) is 0 Å². The molecule has 15 heavy (non-hydrogen) atoms. The molecular weight excluding hydrogens is 198 g/mol. The number of nitrogens with zero attached hydrogens (tertiary/aromatic N) is 2. The zero-order chi connectivity index (χ0) is 11.0. The van der Waals surface area contributed by atoms with Crippen molar-refractivity contribution in [3.63, 3.8) is 0 Å². The van der Waals surface area contributed by atoms with Crippen LogP contribution in [0.4, 0.5) is 0 Å². The summed E-state index contributed by atoms with van der Waals surface area (Å²) in [6.45, 7) is 0. The zero-order valence-electron chi connectivity index (χ0n) is 8.23. The SMILES string of the molecule is Cn1nc(C(=O)O)cc1C(=O)NC1CC1. The van der Waals surface area contributed by atoms with Crippen LogP contribution in [-0.2, 0) is 7.05 Å². The van der Waals surface area contributed by atoms with Gasteiger partial charge in [-0.2, -0.15) is 5.10 Å². The maximum atomic E-state index is 11.6. The Balaban J connectivity index is 2.18. The fourth-order valence-electron chi connectivity index (χ4n) is 1.27. The Morgan fingerprint density at radius 1 is 1.60 bits per heavy atom. The van der Waals surface area contributed by atoms with Crippen LogP contribution in [0.2, 0.25) is 0 Å². The number of amides is 1. The van der Waals surface area contributed by atoms with Crippen molar-refractivity contribution in [3.05, 3.63) is 17.5 Å². The minimum absolute atomic E-state index is 0.113. The van der Waals surface area contributed by atoms with Gasteiger partial charge in [0.2, 0.25) is 0 Å². The second-order valence-corrected chi connectivity index (χ2v) is 3.59. The fraction of sp³-hybridized carbons (Fsp3) is 0.444. The van der Waals surface area contributed by atoms with Crippen molar-refractivity contribution >= 4 is 11.9 Å². The average Bonchev–Trinajstić information content (AvgIpc) is 2.86. The zero-order valence-corrected chi connectivity index (χ0v) is 8.23. The number of hydrogen-bond donors (Lipinski definition) is 2. The Kier molecular flexibility index (Phi) is 2.18. The molecule has 1 aliphatic carbocycles. The number of carboxylic acids is 1. The van der Waals surface area contributed by atoms with E-state index in [-0.39, 0.29) is 23.3 Å². The summed E-state index contributed by atoms with van der Waals surface area (Å²) in [7, 11) is 1.55. The van der Waals surface area contributed by atoms with Crippen LogP contribution in [0.5, 0.6) is 0 Å². The monoisotopic (exact) mass is 209 g/mol. The highest BCUT2D eigenvalue weighted by atomic mass is 16.4. The molecule has 0 saturated heterocycles. The second-order valence-electron chi connectivity index (χ2n) is 3.59. The summed E-state index contributed by atoms with van der Waals surface area (Å²) in [4.78, 5) is 22.2. The van der Waals surface area contributed by atoms with Crippen LogP contribution in [0.25, 0.3) is 0 Å². The first-order valence-electron chi connectivity index (χ1n) is 4.66. The number of carboxylic acid groups (broad SMARTS) is 1. The maximum absolute atomic E-state index is 11.6. The van der Waals surface area contributed by atoms with Gasteiger partial charge in [0.15, 0.2) is 5.69 Å². The highest BCUT2D eigenvalue weighted by Gasteiger charge is 2.25. The quantitative estimate of drug-likeness (QED) is 0.734. The summed E-state index contributed by atoms with van der Waals surface area (Å²) in [6, 6.07) is 1.53. The normalized spacial score (nSPS) is 15.0. The van der Waals surface area contributed by atoms with Gasteiger partial charge in [0, 0.05) is 19.2 Å². The molecule has 1 aromatic heterocycles. The van der Waals surface area contributed by atoms with Crippen LogP contribution in [-0.4, -0.2) is 32.8 Å². The minimum atomic E-state index is -1.13. The Morgan fingerprint density at radius 3 is 2.73 bits per heavy atom. The largest absolute Gasteiger partial charge is 0.476 e. The average molecular weight is 209 g/mol. The third-order valence-corrected chi connectivity index (χ3v) is 2.24. The number of nitrogens with one attached hydrogen (secondary N) is 1. The van der Waals surface area contributed by atoms with Gasteiger partial charge in [-0.15, -0.1) is 0 Å². The Hall–Kier alpha value is -1.85. The van der Waals surface area contributed by atoms with E-state index in [1.165, 1.54) is 10.7 Å². The maximum Gasteiger partial charge on any atom is 0.356 e. The molecule has 0 bridgehead atoms. The molecule has 0 aliphatic heterocycles. The number of aromatic nitrogens is 2. The predicted octanol–water partition coefficient (Wildman–Crippen LogP) is 0.0105. The molecule has 0 radical (unpaired) electrons. The lowest BCUT2D eigenvalue weighted by molar-refractivity contribution is 0.0689. The van der Waals surface area contributed by atoms with Gasteiger partial charge in [-0.3, -0.25) is 9.48 Å². The van der Waals surface area contributed by atoms with Crippen molar-refractivity contribution in [2.24, 2.45) is 7.05 Å². The molecule has 0 atom stereocenters. The summed E-state index contributed by atoms with van der Waals surface area (Å²) in [5.74, 6) is -1.39. The molecule has 0 aromatic carbocycles. The van der Waals surface area contributed by atoms with E-state index in [4.69, 9.17) is 5.11 Å². The molecule has 1 aromatic rings. The van der Waals surface area contributed by atoms with Crippen LogP contribution in [0.1, 0.15) is 33.8 Å². The standard InChI is InChI=1S/C9H11N3O3/c1-12-7(4-6(11-12)9(14)15)8(13)10-5-2-3-5/h4-5H,2-3H2,1H3,(H,10,13)(H,14,15). The number of rotatable bonds is 3. The van der Waals surface area contributed by atoms with Gasteiger partial charge in [0.05, 0.1) is 0 Å². The first-order chi connectivity index (χ1) is 7.08. The minimum Gasteiger partial charge on any atom is -0.476 e. The fourth-order valence-corrected chi connectivity index (χ4v) is 1.27. The van der Waals surface area contributed by atoms with E-state index < -0.39 is 5.97 Å². The predicted molar refractivity (Wildman–Crippen MR) is 50.7 cm³/mol. The number of carbonyl (C=O) groups excluding carboxylic acids is 1. The molecule has 1 amide bonds. The number of aryl methyl sites for hydroxylation is 1. The smallest absolute Gasteiger partial charge is 0.356 e. The van der Waals surface area contributed by atoms with E-state index >= 15 is 0 Å². The lowest BCUT2D eigenvalue weighted by Gasteiger charge is -2.01. The summed E-state index contributed by atoms with van der Waals surface area (Å²) in [5, 5.41) is 15.2. The molecule has 0 unspecified atom stereocenters. The number of carbonyl (C=O) groups is 2. The Labute approximate surface area is 85.9 Å². The molecule has 0 spiro atoms. The van der Waals surface area contributed by atoms with Gasteiger partial charge in [-0.25, -0.2) is 4.79 Å². The second kappa shape index (κ2) is 3.38. The van der Waals surface area contributed by atoms with E-state index in [0.717, 1.165) is 12.8 Å². The first-order valence-corrected chi connectivity index (χ1v) is 4.66. The Bertz CT molecular complexity index is 420. The summed E-state index contributed by atoms with van der Waals surface area (Å²) in [6.07, 6.45) is 1.99. The summed E-state index contributed by atoms with van der Waals surface area (Å²) < 4.78 is 1.28. The van der Waals surface area contributed by atoms with E-state index in [1.54, 1.807) is 7.05 Å². The van der Waals surface area contributed by atoms with Crippen LogP contribution in [0.15, 0.2) is 6.07 Å². The highest BCUT2D eigenvalue weighted by Crippen LogP contribution is 2.19. The van der Waals surface area contributed by atoms with Gasteiger partial charge in [-0.05, 0) is 12.8 Å². The van der Waals surface area contributed by atoms with Crippen LogP contribution >= 0.6 is 0 Å². The number of aromatic carboxylic acids is 1. The molecule has 1 saturated carbocycles. The third kappa shape index (κ3) is 1.98. The van der Waals surface area contributed by atoms with Crippen LogP contribution < -0.4 is 5.32 Å². The van der Waals surface area contributed by atoms with E-state index in [2.05, 4.69) is 10.4 Å². The molecule has 1 aliphatic rings. The summed E-state index contributed by atoms with van der Waals surface area (Å²) in [5.41, 5.74) is 0.165. The van der Waals surface area contributed by atoms with Crippen molar-refractivity contribution in [1.82, 2.24) is 15.1 Å². The molecule has 6 heteroatoms. The summed E-state index contributed by atoms with van der Waals surface area (Å²) >= 11 is 0. The molecule has 80 valence electrons. The van der Waals surface area contributed by atoms with Gasteiger partial charge < -0.3 is 10.4 Å². The van der Waals surface area contributed by atoms with E-state index in [0.29, 0.717) is 0 Å². The molecule has 6 nitrogen and oxygen atoms in total. The van der Waals surface area contributed by atoms with Gasteiger partial charge in [0.1, 0.15) is 5.69 Å². The van der Waals surface area contributed by atoms with Gasteiger partial charge in [-0.1, -0.05) is 0 Å².